The molecule has 9 heteroatoms. The normalized spacial score (nSPS) is 14.8. The van der Waals surface area contributed by atoms with Gasteiger partial charge in [0.15, 0.2) is 0 Å². The quantitative estimate of drug-likeness (QED) is 0.452. The molecule has 0 spiro atoms. The van der Waals surface area contributed by atoms with Gasteiger partial charge in [0.25, 0.3) is 5.91 Å². The van der Waals surface area contributed by atoms with Crippen LogP contribution >= 0.6 is 11.6 Å². The number of imidazole rings is 1. The number of hydrogen-bond donors (Lipinski definition) is 3. The molecule has 1 amide bonds. The first-order chi connectivity index (χ1) is 13.6. The molecule has 7 nitrogen and oxygen atoms in total. The van der Waals surface area contributed by atoms with Gasteiger partial charge in [0.2, 0.25) is 5.16 Å². The molecule has 3 N–H and O–H groups in total. The number of carbonyl (C=O) groups excluding carboxylic acids is 1. The van der Waals surface area contributed by atoms with Crippen molar-refractivity contribution in [2.24, 2.45) is 7.05 Å². The van der Waals surface area contributed by atoms with Gasteiger partial charge in [-0.3, -0.25) is 4.79 Å². The molecule has 4 rings (SSSR count). The second kappa shape index (κ2) is 6.89. The molecule has 150 valence electrons. The third-order valence-corrected chi connectivity index (χ3v) is 6.11. The molecule has 0 bridgehead atoms. The first-order valence-electron chi connectivity index (χ1n) is 8.93. The second-order valence-electron chi connectivity index (χ2n) is 7.15. The first-order valence-corrected chi connectivity index (χ1v) is 11.3. The highest BCUT2D eigenvalue weighted by atomic mass is 35.5. The van der Waals surface area contributed by atoms with E-state index in [1.807, 2.05) is 48.9 Å². The predicted molar refractivity (Wildman–Crippen MR) is 115 cm³/mol. The Bertz CT molecular complexity index is 1370. The van der Waals surface area contributed by atoms with E-state index in [9.17, 15) is 9.00 Å². The Morgan fingerprint density at radius 2 is 2.03 bits per heavy atom. The van der Waals surface area contributed by atoms with E-state index in [1.54, 1.807) is 12.1 Å². The van der Waals surface area contributed by atoms with Crippen LogP contribution in [0.5, 0.6) is 0 Å². The summed E-state index contributed by atoms with van der Waals surface area (Å²) in [4.78, 5) is 20.0. The fourth-order valence-corrected chi connectivity index (χ4v) is 4.08. The third-order valence-electron chi connectivity index (χ3n) is 4.94. The molecule has 0 saturated heterocycles. The van der Waals surface area contributed by atoms with Gasteiger partial charge in [-0.1, -0.05) is 23.7 Å². The minimum absolute atomic E-state index is 0.149. The maximum Gasteiger partial charge on any atom is 0.268 e. The highest BCUT2D eigenvalue weighted by Crippen LogP contribution is 2.24. The number of rotatable bonds is 4. The Hall–Kier alpha value is -2.84. The minimum Gasteiger partial charge on any atom is -0.344 e. The maximum absolute atomic E-state index is 12.9. The van der Waals surface area contributed by atoms with Crippen LogP contribution < -0.4 is 5.32 Å². The lowest BCUT2D eigenvalue weighted by Crippen LogP contribution is -2.28. The van der Waals surface area contributed by atoms with Gasteiger partial charge in [-0.05, 0) is 42.8 Å². The Labute approximate surface area is 173 Å². The highest BCUT2D eigenvalue weighted by Gasteiger charge is 2.18. The summed E-state index contributed by atoms with van der Waals surface area (Å²) < 4.78 is 21.4. The fourth-order valence-electron chi connectivity index (χ4n) is 3.33. The molecule has 29 heavy (non-hydrogen) atoms. The summed E-state index contributed by atoms with van der Waals surface area (Å²) in [5, 5.41) is 4.72. The minimum atomic E-state index is -2.92. The van der Waals surface area contributed by atoms with Crippen molar-refractivity contribution in [3.63, 3.8) is 0 Å². The Kier molecular flexibility index (Phi) is 4.63. The van der Waals surface area contributed by atoms with E-state index in [0.717, 1.165) is 16.5 Å². The predicted octanol–water partition coefficient (Wildman–Crippen LogP) is 4.23. The molecule has 2 heterocycles. The summed E-state index contributed by atoms with van der Waals surface area (Å²) in [6.45, 7) is 1.89. The molecule has 4 aromatic rings. The monoisotopic (exact) mass is 429 g/mol. The van der Waals surface area contributed by atoms with E-state index in [4.69, 9.17) is 16.4 Å². The molecule has 0 aliphatic carbocycles. The standard InChI is InChI=1S/C20H20ClN5O2S/c1-11(12-5-7-15-16(8-12)25-20(24-15)29(3,22)28)23-19(27)18-9-13-4-6-14(21)10-17(13)26(18)2/h4-11,22H,1-3H3,(H,23,27)(H,24,25). The van der Waals surface area contributed by atoms with Gasteiger partial charge in [0, 0.05) is 29.2 Å². The average molecular weight is 430 g/mol. The number of aryl methyl sites for hydroxylation is 1. The van der Waals surface area contributed by atoms with Crippen LogP contribution in [-0.2, 0) is 16.8 Å². The van der Waals surface area contributed by atoms with E-state index in [-0.39, 0.29) is 17.1 Å². The number of nitrogens with zero attached hydrogens (tertiary/aromatic N) is 2. The lowest BCUT2D eigenvalue weighted by Gasteiger charge is -2.15. The molecule has 0 fully saturated rings. The summed E-state index contributed by atoms with van der Waals surface area (Å²) in [6.07, 6.45) is 1.32. The average Bonchev–Trinajstić information content (AvgIpc) is 3.22. The molecule has 2 atom stereocenters. The van der Waals surface area contributed by atoms with Crippen molar-refractivity contribution in [1.29, 1.82) is 4.78 Å². The number of aromatic amines is 1. The number of carbonyl (C=O) groups is 1. The summed E-state index contributed by atoms with van der Waals surface area (Å²) in [6, 6.07) is 12.6. The van der Waals surface area contributed by atoms with Crippen molar-refractivity contribution in [3.05, 3.63) is 58.7 Å². The van der Waals surface area contributed by atoms with Gasteiger partial charge in [0.1, 0.15) is 15.4 Å². The van der Waals surface area contributed by atoms with Crippen LogP contribution in [0, 0.1) is 4.78 Å². The molecule has 0 aliphatic rings. The number of halogens is 1. The smallest absolute Gasteiger partial charge is 0.268 e. The topological polar surface area (TPSA) is 104 Å². The number of hydrogen-bond acceptors (Lipinski definition) is 4. The number of nitrogens with one attached hydrogen (secondary N) is 3. The van der Waals surface area contributed by atoms with Gasteiger partial charge in [-0.25, -0.2) is 14.0 Å². The number of H-pyrrole nitrogens is 1. The van der Waals surface area contributed by atoms with Crippen molar-refractivity contribution < 1.29 is 9.00 Å². The first kappa shape index (κ1) is 19.5. The van der Waals surface area contributed by atoms with E-state index in [0.29, 0.717) is 21.7 Å². The Balaban J connectivity index is 1.61. The van der Waals surface area contributed by atoms with Crippen molar-refractivity contribution >= 4 is 49.2 Å². The van der Waals surface area contributed by atoms with Gasteiger partial charge < -0.3 is 14.9 Å². The Morgan fingerprint density at radius 3 is 2.76 bits per heavy atom. The summed E-state index contributed by atoms with van der Waals surface area (Å²) >= 11 is 6.07. The number of amides is 1. The van der Waals surface area contributed by atoms with Crippen LogP contribution in [0.1, 0.15) is 29.0 Å². The summed E-state index contributed by atoms with van der Waals surface area (Å²) in [5.74, 6) is -0.194. The zero-order chi connectivity index (χ0) is 20.9. The number of fused-ring (bicyclic) bond motifs is 2. The molecule has 0 saturated carbocycles. The van der Waals surface area contributed by atoms with Gasteiger partial charge in [-0.15, -0.1) is 0 Å². The van der Waals surface area contributed by atoms with Crippen LogP contribution in [0.2, 0.25) is 5.02 Å². The largest absolute Gasteiger partial charge is 0.344 e. The third kappa shape index (κ3) is 3.61. The van der Waals surface area contributed by atoms with Crippen LogP contribution in [0.25, 0.3) is 21.9 Å². The van der Waals surface area contributed by atoms with Crippen LogP contribution in [0.3, 0.4) is 0 Å². The zero-order valence-corrected chi connectivity index (χ0v) is 17.7. The van der Waals surface area contributed by atoms with Crippen molar-refractivity contribution in [1.82, 2.24) is 19.9 Å². The van der Waals surface area contributed by atoms with Crippen molar-refractivity contribution in [2.45, 2.75) is 18.1 Å². The lowest BCUT2D eigenvalue weighted by atomic mass is 10.1. The summed E-state index contributed by atoms with van der Waals surface area (Å²) in [7, 11) is -1.09. The molecule has 2 aromatic heterocycles. The van der Waals surface area contributed by atoms with Crippen molar-refractivity contribution in [3.8, 4) is 0 Å². The van der Waals surface area contributed by atoms with Gasteiger partial charge in [0.05, 0.1) is 17.1 Å². The maximum atomic E-state index is 12.9. The van der Waals surface area contributed by atoms with E-state index >= 15 is 0 Å². The van der Waals surface area contributed by atoms with Crippen LogP contribution in [0.4, 0.5) is 0 Å². The van der Waals surface area contributed by atoms with E-state index in [1.165, 1.54) is 6.26 Å². The number of benzene rings is 2. The van der Waals surface area contributed by atoms with E-state index < -0.39 is 9.73 Å². The molecule has 0 radical (unpaired) electrons. The summed E-state index contributed by atoms with van der Waals surface area (Å²) in [5.41, 5.74) is 3.61. The van der Waals surface area contributed by atoms with Gasteiger partial charge >= 0.3 is 0 Å². The van der Waals surface area contributed by atoms with Crippen LogP contribution in [0.15, 0.2) is 47.6 Å². The molecule has 2 unspecified atom stereocenters. The zero-order valence-electron chi connectivity index (χ0n) is 16.1. The van der Waals surface area contributed by atoms with Crippen molar-refractivity contribution in [2.75, 3.05) is 6.26 Å². The molecule has 0 aliphatic heterocycles. The highest BCUT2D eigenvalue weighted by molar-refractivity contribution is 7.91. The molecular weight excluding hydrogens is 410 g/mol. The SMILES string of the molecule is CC(NC(=O)c1cc2ccc(Cl)cc2n1C)c1ccc2nc(S(C)(=N)=O)[nH]c2c1. The number of aromatic nitrogens is 3. The van der Waals surface area contributed by atoms with Crippen LogP contribution in [-0.4, -0.2) is 30.9 Å². The lowest BCUT2D eigenvalue weighted by molar-refractivity contribution is 0.0932. The van der Waals surface area contributed by atoms with Gasteiger partial charge in [-0.2, -0.15) is 0 Å². The fraction of sp³-hybridized carbons (Fsp3) is 0.200. The van der Waals surface area contributed by atoms with E-state index in [2.05, 4.69) is 15.3 Å². The molecule has 2 aromatic carbocycles. The Morgan fingerprint density at radius 1 is 1.28 bits per heavy atom. The second-order valence-corrected chi connectivity index (χ2v) is 9.66. The molecular formula is C20H20ClN5O2S.